The van der Waals surface area contributed by atoms with Crippen LogP contribution in [0, 0.1) is 11.8 Å². The molecule has 11 heteroatoms. The molecule has 3 atom stereocenters. The molecule has 0 amide bonds. The van der Waals surface area contributed by atoms with Crippen LogP contribution < -0.4 is 14.4 Å². The number of fused-ring (bicyclic) bond motifs is 1. The van der Waals surface area contributed by atoms with Crippen molar-refractivity contribution in [1.82, 2.24) is 0 Å². The number of halogens is 6. The average Bonchev–Trinajstić information content (AvgIpc) is 3.58. The van der Waals surface area contributed by atoms with Gasteiger partial charge < -0.3 is 19.5 Å². The smallest absolute Gasteiger partial charge is 0.481 e. The summed E-state index contributed by atoms with van der Waals surface area (Å²) in [7, 11) is 0. The first-order valence-corrected chi connectivity index (χ1v) is 13.1. The Balaban J connectivity index is 1.76. The van der Waals surface area contributed by atoms with Gasteiger partial charge in [-0.3, -0.25) is 4.79 Å². The number of carbonyl (C=O) groups is 1. The number of rotatable bonds is 9. The minimum Gasteiger partial charge on any atom is -0.481 e. The Kier molecular flexibility index (Phi) is 7.75. The number of benzene rings is 2. The summed E-state index contributed by atoms with van der Waals surface area (Å²) in [6.45, 7) is 6.40. The molecular formula is C28H31ClF5NO4. The summed E-state index contributed by atoms with van der Waals surface area (Å²) in [5.74, 6) is -4.57. The fourth-order valence-electron chi connectivity index (χ4n) is 5.12. The molecule has 5 nitrogen and oxygen atoms in total. The van der Waals surface area contributed by atoms with Crippen LogP contribution >= 0.6 is 11.6 Å². The lowest BCUT2D eigenvalue weighted by Crippen LogP contribution is -2.46. The van der Waals surface area contributed by atoms with Crippen molar-refractivity contribution in [1.29, 1.82) is 0 Å². The third kappa shape index (κ3) is 6.70. The van der Waals surface area contributed by atoms with E-state index in [9.17, 15) is 31.9 Å². The largest absolute Gasteiger partial charge is 0.586 e. The molecule has 39 heavy (non-hydrogen) atoms. The minimum atomic E-state index is -4.58. The highest BCUT2D eigenvalue weighted by molar-refractivity contribution is 6.33. The van der Waals surface area contributed by atoms with E-state index < -0.39 is 35.8 Å². The first kappa shape index (κ1) is 29.2. The van der Waals surface area contributed by atoms with E-state index >= 15 is 0 Å². The SMILES string of the molecule is C[C@H]([C@H](CN(c1cc([C@@H](CC(=O)O)C2CC2)ccc1Cl)C(C)(C)C)c1ccc2c(c1)OC(F)(F)O2)C(F)(F)F. The zero-order chi connectivity index (χ0) is 28.9. The average molecular weight is 576 g/mol. The fraction of sp³-hybridized carbons (Fsp3) is 0.536. The zero-order valence-electron chi connectivity index (χ0n) is 22.0. The fourth-order valence-corrected chi connectivity index (χ4v) is 5.34. The maximum absolute atomic E-state index is 14.1. The number of carboxylic acid groups (broad SMARTS) is 1. The second kappa shape index (κ2) is 10.3. The van der Waals surface area contributed by atoms with Crippen LogP contribution in [0.2, 0.25) is 5.02 Å². The number of hydrogen-bond acceptors (Lipinski definition) is 4. The number of aliphatic carboxylic acids is 1. The molecule has 0 aromatic heterocycles. The summed E-state index contributed by atoms with van der Waals surface area (Å²) in [4.78, 5) is 13.3. The minimum absolute atomic E-state index is 0.0587. The van der Waals surface area contributed by atoms with Gasteiger partial charge in [-0.15, -0.1) is 8.78 Å². The maximum Gasteiger partial charge on any atom is 0.586 e. The van der Waals surface area contributed by atoms with Crippen molar-refractivity contribution in [3.8, 4) is 11.5 Å². The molecule has 1 aliphatic heterocycles. The number of anilines is 1. The maximum atomic E-state index is 14.1. The van der Waals surface area contributed by atoms with Crippen molar-refractivity contribution in [3.63, 3.8) is 0 Å². The predicted octanol–water partition coefficient (Wildman–Crippen LogP) is 8.22. The van der Waals surface area contributed by atoms with Crippen molar-refractivity contribution in [2.45, 2.75) is 76.8 Å². The molecule has 2 aliphatic rings. The molecule has 0 bridgehead atoms. The number of ether oxygens (including phenoxy) is 2. The van der Waals surface area contributed by atoms with Crippen LogP contribution in [0.15, 0.2) is 36.4 Å². The number of nitrogens with zero attached hydrogens (tertiary/aromatic N) is 1. The molecule has 1 saturated carbocycles. The van der Waals surface area contributed by atoms with E-state index in [1.807, 2.05) is 20.8 Å². The van der Waals surface area contributed by atoms with Gasteiger partial charge in [-0.05, 0) is 80.8 Å². The van der Waals surface area contributed by atoms with Crippen LogP contribution in [-0.2, 0) is 4.79 Å². The number of carboxylic acids is 1. The summed E-state index contributed by atoms with van der Waals surface area (Å²) < 4.78 is 78.5. The molecule has 2 aromatic rings. The van der Waals surface area contributed by atoms with Gasteiger partial charge in [-0.25, -0.2) is 0 Å². The molecule has 2 aromatic carbocycles. The van der Waals surface area contributed by atoms with Gasteiger partial charge in [-0.1, -0.05) is 30.7 Å². The summed E-state index contributed by atoms with van der Waals surface area (Å²) in [5.41, 5.74) is 0.684. The second-order valence-corrected chi connectivity index (χ2v) is 11.8. The number of hydrogen-bond donors (Lipinski definition) is 1. The molecule has 4 rings (SSSR count). The molecule has 1 aliphatic carbocycles. The highest BCUT2D eigenvalue weighted by atomic mass is 35.5. The molecule has 0 saturated heterocycles. The van der Waals surface area contributed by atoms with Crippen LogP contribution in [0.25, 0.3) is 0 Å². The number of alkyl halides is 5. The van der Waals surface area contributed by atoms with E-state index in [2.05, 4.69) is 9.47 Å². The Morgan fingerprint density at radius 2 is 1.69 bits per heavy atom. The summed E-state index contributed by atoms with van der Waals surface area (Å²) >= 11 is 6.61. The van der Waals surface area contributed by atoms with E-state index in [-0.39, 0.29) is 41.9 Å². The molecule has 214 valence electrons. The van der Waals surface area contributed by atoms with Crippen molar-refractivity contribution in [2.24, 2.45) is 11.8 Å². The van der Waals surface area contributed by atoms with E-state index in [4.69, 9.17) is 11.6 Å². The highest BCUT2D eigenvalue weighted by Gasteiger charge is 2.46. The van der Waals surface area contributed by atoms with Gasteiger partial charge in [0, 0.05) is 18.0 Å². The molecule has 1 fully saturated rings. The Morgan fingerprint density at radius 3 is 2.26 bits per heavy atom. The molecule has 1 heterocycles. The molecule has 0 radical (unpaired) electrons. The monoisotopic (exact) mass is 575 g/mol. The van der Waals surface area contributed by atoms with Crippen LogP contribution in [-0.4, -0.2) is 35.6 Å². The van der Waals surface area contributed by atoms with E-state index in [1.54, 1.807) is 23.1 Å². The Bertz CT molecular complexity index is 1230. The van der Waals surface area contributed by atoms with Crippen molar-refractivity contribution >= 4 is 23.3 Å². The Labute approximate surface area is 228 Å². The second-order valence-electron chi connectivity index (χ2n) is 11.3. The Hall–Kier alpha value is -2.75. The lowest BCUT2D eigenvalue weighted by atomic mass is 9.84. The zero-order valence-corrected chi connectivity index (χ0v) is 22.7. The summed E-state index contributed by atoms with van der Waals surface area (Å²) in [6, 6.07) is 8.88. The van der Waals surface area contributed by atoms with Crippen molar-refractivity contribution in [2.75, 3.05) is 11.4 Å². The van der Waals surface area contributed by atoms with Gasteiger partial charge in [0.05, 0.1) is 23.0 Å². The third-order valence-corrected chi connectivity index (χ3v) is 7.76. The van der Waals surface area contributed by atoms with Crippen LogP contribution in [0.4, 0.5) is 27.6 Å². The molecular weight excluding hydrogens is 545 g/mol. The van der Waals surface area contributed by atoms with Crippen molar-refractivity contribution < 1.29 is 41.3 Å². The summed E-state index contributed by atoms with van der Waals surface area (Å²) in [6.07, 6.45) is -6.72. The summed E-state index contributed by atoms with van der Waals surface area (Å²) in [5, 5.41) is 9.76. The van der Waals surface area contributed by atoms with Crippen LogP contribution in [0.5, 0.6) is 11.5 Å². The topological polar surface area (TPSA) is 59.0 Å². The van der Waals surface area contributed by atoms with E-state index in [0.717, 1.165) is 31.4 Å². The first-order valence-electron chi connectivity index (χ1n) is 12.7. The van der Waals surface area contributed by atoms with Crippen LogP contribution in [0.3, 0.4) is 0 Å². The standard InChI is InChI=1S/C28H31ClF5NO4/c1-15(27(30,31)32)20(18-8-10-23-24(12-18)39-28(33,34)38-23)14-35(26(2,3)4)22-11-17(7-9-21(22)29)19(13-25(36)37)16-5-6-16/h7-12,15-16,19-20H,5-6,13-14H2,1-4H3,(H,36,37)/t15-,19+,20+/m1/s1. The van der Waals surface area contributed by atoms with Gasteiger partial charge in [0.1, 0.15) is 0 Å². The molecule has 0 unspecified atom stereocenters. The first-order chi connectivity index (χ1) is 18.0. The highest BCUT2D eigenvalue weighted by Crippen LogP contribution is 2.48. The van der Waals surface area contributed by atoms with Crippen molar-refractivity contribution in [3.05, 3.63) is 52.5 Å². The Morgan fingerprint density at radius 1 is 1.08 bits per heavy atom. The van der Waals surface area contributed by atoms with Gasteiger partial charge >= 0.3 is 18.4 Å². The quantitative estimate of drug-likeness (QED) is 0.305. The van der Waals surface area contributed by atoms with E-state index in [1.165, 1.54) is 12.1 Å². The third-order valence-electron chi connectivity index (χ3n) is 7.44. The van der Waals surface area contributed by atoms with Gasteiger partial charge in [0.25, 0.3) is 0 Å². The van der Waals surface area contributed by atoms with Crippen LogP contribution in [0.1, 0.15) is 69.9 Å². The normalized spacial score (nSPS) is 18.9. The predicted molar refractivity (Wildman–Crippen MR) is 137 cm³/mol. The van der Waals surface area contributed by atoms with Gasteiger partial charge in [-0.2, -0.15) is 13.2 Å². The van der Waals surface area contributed by atoms with E-state index in [0.29, 0.717) is 10.7 Å². The lowest BCUT2D eigenvalue weighted by molar-refractivity contribution is -0.286. The van der Waals surface area contributed by atoms with Gasteiger partial charge in [0.2, 0.25) is 0 Å². The molecule has 0 spiro atoms. The lowest BCUT2D eigenvalue weighted by Gasteiger charge is -2.42. The molecule has 1 N–H and O–H groups in total. The van der Waals surface area contributed by atoms with Gasteiger partial charge in [0.15, 0.2) is 11.5 Å².